The first-order valence-electron chi connectivity index (χ1n) is 9.89. The molecule has 1 fully saturated rings. The number of aryl methyl sites for hydroxylation is 2. The number of nitrogens with zero attached hydrogens (tertiary/aromatic N) is 3. The van der Waals surface area contributed by atoms with Crippen LogP contribution in [-0.2, 0) is 0 Å². The maximum absolute atomic E-state index is 13.2. The van der Waals surface area contributed by atoms with E-state index in [1.165, 1.54) is 28.0 Å². The number of anilines is 1. The predicted octanol–water partition coefficient (Wildman–Crippen LogP) is 3.60. The van der Waals surface area contributed by atoms with Gasteiger partial charge in [0, 0.05) is 44.8 Å². The third-order valence-corrected chi connectivity index (χ3v) is 6.63. The molecule has 5 nitrogen and oxygen atoms in total. The summed E-state index contributed by atoms with van der Waals surface area (Å²) in [7, 11) is 0. The van der Waals surface area contributed by atoms with E-state index in [9.17, 15) is 9.18 Å². The molecule has 0 atom stereocenters. The molecule has 7 heteroatoms. The van der Waals surface area contributed by atoms with Crippen molar-refractivity contribution in [2.45, 2.75) is 13.8 Å². The standard InChI is InChI=1S/C22H25FN4OS/c1-15-6-7-16(2)20-19(15)25-22(29-20)27-12-10-26(11-13-27)9-8-24-21(28)17-4-3-5-18(23)14-17/h3-7,14H,8-13H2,1-2H3,(H,24,28). The number of nitrogens with one attached hydrogen (secondary N) is 1. The highest BCUT2D eigenvalue weighted by molar-refractivity contribution is 7.22. The van der Waals surface area contributed by atoms with Crippen LogP contribution in [0.2, 0.25) is 0 Å². The first kappa shape index (κ1) is 19.8. The molecule has 0 aliphatic carbocycles. The zero-order valence-electron chi connectivity index (χ0n) is 16.7. The van der Waals surface area contributed by atoms with Gasteiger partial charge in [0.1, 0.15) is 5.82 Å². The Hall–Kier alpha value is -2.51. The van der Waals surface area contributed by atoms with Gasteiger partial charge in [0.25, 0.3) is 5.91 Å². The molecule has 0 bridgehead atoms. The van der Waals surface area contributed by atoms with Gasteiger partial charge in [0.15, 0.2) is 5.13 Å². The zero-order valence-corrected chi connectivity index (χ0v) is 17.6. The number of carbonyl (C=O) groups excluding carboxylic acids is 1. The van der Waals surface area contributed by atoms with Crippen molar-refractivity contribution in [1.82, 2.24) is 15.2 Å². The molecule has 2 heterocycles. The number of carbonyl (C=O) groups is 1. The Morgan fingerprint density at radius 1 is 1.14 bits per heavy atom. The molecule has 0 unspecified atom stereocenters. The second-order valence-corrected chi connectivity index (χ2v) is 8.45. The number of hydrogen-bond acceptors (Lipinski definition) is 5. The minimum Gasteiger partial charge on any atom is -0.351 e. The minimum atomic E-state index is -0.394. The molecule has 1 aliphatic rings. The van der Waals surface area contributed by atoms with Crippen molar-refractivity contribution in [3.63, 3.8) is 0 Å². The van der Waals surface area contributed by atoms with E-state index in [4.69, 9.17) is 4.98 Å². The Morgan fingerprint density at radius 3 is 2.62 bits per heavy atom. The van der Waals surface area contributed by atoms with Gasteiger partial charge in [-0.2, -0.15) is 0 Å². The van der Waals surface area contributed by atoms with Crippen LogP contribution >= 0.6 is 11.3 Å². The second kappa shape index (κ2) is 8.47. The molecule has 152 valence electrons. The van der Waals surface area contributed by atoms with Crippen molar-refractivity contribution in [3.05, 3.63) is 58.9 Å². The van der Waals surface area contributed by atoms with Gasteiger partial charge < -0.3 is 10.2 Å². The number of hydrogen-bond donors (Lipinski definition) is 1. The van der Waals surface area contributed by atoms with Gasteiger partial charge in [0.2, 0.25) is 0 Å². The fraction of sp³-hybridized carbons (Fsp3) is 0.364. The Balaban J connectivity index is 1.28. The molecule has 1 amide bonds. The summed E-state index contributed by atoms with van der Waals surface area (Å²) in [5.74, 6) is -0.627. The number of amides is 1. The highest BCUT2D eigenvalue weighted by Gasteiger charge is 2.20. The van der Waals surface area contributed by atoms with Gasteiger partial charge in [-0.05, 0) is 43.2 Å². The summed E-state index contributed by atoms with van der Waals surface area (Å²) in [4.78, 5) is 21.7. The molecule has 0 radical (unpaired) electrons. The summed E-state index contributed by atoms with van der Waals surface area (Å²) in [6.45, 7) is 9.31. The molecule has 29 heavy (non-hydrogen) atoms. The molecule has 1 saturated heterocycles. The molecular weight excluding hydrogens is 387 g/mol. The molecule has 3 aromatic rings. The lowest BCUT2D eigenvalue weighted by molar-refractivity contribution is 0.0947. The number of aromatic nitrogens is 1. The molecular formula is C22H25FN4OS. The van der Waals surface area contributed by atoms with Crippen molar-refractivity contribution in [3.8, 4) is 0 Å². The molecule has 2 aromatic carbocycles. The van der Waals surface area contributed by atoms with Crippen LogP contribution in [0.5, 0.6) is 0 Å². The van der Waals surface area contributed by atoms with Crippen molar-refractivity contribution >= 4 is 32.6 Å². The molecule has 0 saturated carbocycles. The van der Waals surface area contributed by atoms with Crippen molar-refractivity contribution in [1.29, 1.82) is 0 Å². The van der Waals surface area contributed by atoms with Crippen LogP contribution in [0, 0.1) is 19.7 Å². The summed E-state index contributed by atoms with van der Waals surface area (Å²) >= 11 is 1.78. The lowest BCUT2D eigenvalue weighted by Crippen LogP contribution is -2.48. The van der Waals surface area contributed by atoms with E-state index in [-0.39, 0.29) is 5.91 Å². The van der Waals surface area contributed by atoms with Gasteiger partial charge in [-0.25, -0.2) is 9.37 Å². The van der Waals surface area contributed by atoms with Crippen LogP contribution in [-0.4, -0.2) is 55.1 Å². The van der Waals surface area contributed by atoms with Gasteiger partial charge in [-0.1, -0.05) is 29.5 Å². The number of benzene rings is 2. The number of piperazine rings is 1. The second-order valence-electron chi connectivity index (χ2n) is 7.47. The Kier molecular flexibility index (Phi) is 5.78. The normalized spacial score (nSPS) is 15.1. The summed E-state index contributed by atoms with van der Waals surface area (Å²) < 4.78 is 14.5. The Labute approximate surface area is 174 Å². The lowest BCUT2D eigenvalue weighted by atomic mass is 10.1. The van der Waals surface area contributed by atoms with Gasteiger partial charge in [-0.3, -0.25) is 9.69 Å². The summed E-state index contributed by atoms with van der Waals surface area (Å²) in [5.41, 5.74) is 3.98. The van der Waals surface area contributed by atoms with Crippen LogP contribution in [0.4, 0.5) is 9.52 Å². The molecule has 1 aromatic heterocycles. The summed E-state index contributed by atoms with van der Waals surface area (Å²) in [6.07, 6.45) is 0. The number of fused-ring (bicyclic) bond motifs is 1. The third kappa shape index (κ3) is 4.41. The van der Waals surface area contributed by atoms with E-state index in [1.807, 2.05) is 0 Å². The Bertz CT molecular complexity index is 988. The van der Waals surface area contributed by atoms with Crippen molar-refractivity contribution in [2.24, 2.45) is 0 Å². The summed E-state index contributed by atoms with van der Waals surface area (Å²) in [6, 6.07) is 10.1. The molecule has 1 N–H and O–H groups in total. The van der Waals surface area contributed by atoms with Crippen molar-refractivity contribution < 1.29 is 9.18 Å². The van der Waals surface area contributed by atoms with E-state index >= 15 is 0 Å². The zero-order chi connectivity index (χ0) is 20.4. The number of rotatable bonds is 5. The first-order chi connectivity index (χ1) is 14.0. The fourth-order valence-corrected chi connectivity index (χ4v) is 4.77. The highest BCUT2D eigenvalue weighted by atomic mass is 32.1. The van der Waals surface area contributed by atoms with E-state index in [0.717, 1.165) is 43.4 Å². The minimum absolute atomic E-state index is 0.233. The molecule has 0 spiro atoms. The highest BCUT2D eigenvalue weighted by Crippen LogP contribution is 2.33. The first-order valence-corrected chi connectivity index (χ1v) is 10.7. The number of thiazole rings is 1. The topological polar surface area (TPSA) is 48.5 Å². The maximum Gasteiger partial charge on any atom is 0.251 e. The molecule has 1 aliphatic heterocycles. The average Bonchev–Trinajstić information content (AvgIpc) is 3.18. The quantitative estimate of drug-likeness (QED) is 0.696. The summed E-state index contributed by atoms with van der Waals surface area (Å²) in [5, 5.41) is 3.97. The molecule has 4 rings (SSSR count). The van der Waals surface area contributed by atoms with Crippen LogP contribution in [0.25, 0.3) is 10.2 Å². The average molecular weight is 413 g/mol. The van der Waals surface area contributed by atoms with E-state index in [1.54, 1.807) is 23.5 Å². The largest absolute Gasteiger partial charge is 0.351 e. The number of halogens is 1. The van der Waals surface area contributed by atoms with Crippen LogP contribution in [0.3, 0.4) is 0 Å². The van der Waals surface area contributed by atoms with Crippen molar-refractivity contribution in [2.75, 3.05) is 44.2 Å². The van der Waals surface area contributed by atoms with Crippen LogP contribution in [0.1, 0.15) is 21.5 Å². The van der Waals surface area contributed by atoms with E-state index in [0.29, 0.717) is 12.1 Å². The monoisotopic (exact) mass is 412 g/mol. The van der Waals surface area contributed by atoms with E-state index < -0.39 is 5.82 Å². The lowest BCUT2D eigenvalue weighted by Gasteiger charge is -2.34. The SMILES string of the molecule is Cc1ccc(C)c2sc(N3CCN(CCNC(=O)c4cccc(F)c4)CC3)nc12. The Morgan fingerprint density at radius 2 is 1.90 bits per heavy atom. The van der Waals surface area contributed by atoms with Crippen LogP contribution < -0.4 is 10.2 Å². The maximum atomic E-state index is 13.2. The smallest absolute Gasteiger partial charge is 0.251 e. The van der Waals surface area contributed by atoms with Crippen LogP contribution in [0.15, 0.2) is 36.4 Å². The van der Waals surface area contributed by atoms with Gasteiger partial charge in [-0.15, -0.1) is 0 Å². The third-order valence-electron chi connectivity index (χ3n) is 5.37. The predicted molar refractivity (Wildman–Crippen MR) is 116 cm³/mol. The van der Waals surface area contributed by atoms with E-state index in [2.05, 4.69) is 41.1 Å². The van der Waals surface area contributed by atoms with Gasteiger partial charge >= 0.3 is 0 Å². The fourth-order valence-electron chi connectivity index (χ4n) is 3.61. The van der Waals surface area contributed by atoms with Gasteiger partial charge in [0.05, 0.1) is 10.2 Å².